The van der Waals surface area contributed by atoms with Crippen LogP contribution in [0.1, 0.15) is 43.8 Å². The number of fused-ring (bicyclic) bond motifs is 1. The number of hydrogen-bond acceptors (Lipinski definition) is 5. The first-order valence-electron chi connectivity index (χ1n) is 10.4. The summed E-state index contributed by atoms with van der Waals surface area (Å²) >= 11 is 7.28. The van der Waals surface area contributed by atoms with Crippen LogP contribution in [-0.4, -0.2) is 40.7 Å². The van der Waals surface area contributed by atoms with Crippen LogP contribution in [0.4, 0.5) is 0 Å². The lowest BCUT2D eigenvalue weighted by Crippen LogP contribution is -2.25. The van der Waals surface area contributed by atoms with Gasteiger partial charge < -0.3 is 15.7 Å². The number of hydrogen-bond donors (Lipinski definition) is 4. The summed E-state index contributed by atoms with van der Waals surface area (Å²) < 4.78 is 0. The van der Waals surface area contributed by atoms with Gasteiger partial charge in [0.2, 0.25) is 0 Å². The van der Waals surface area contributed by atoms with Crippen molar-refractivity contribution in [1.29, 1.82) is 0 Å². The van der Waals surface area contributed by atoms with E-state index in [-0.39, 0.29) is 11.8 Å². The fraction of sp³-hybridized carbons (Fsp3) is 0.208. The summed E-state index contributed by atoms with van der Waals surface area (Å²) in [5, 5.41) is 24.1. The fourth-order valence-electron chi connectivity index (χ4n) is 3.57. The van der Waals surface area contributed by atoms with E-state index in [2.05, 4.69) is 20.8 Å². The predicted molar refractivity (Wildman–Crippen MR) is 131 cm³/mol. The maximum absolute atomic E-state index is 12.7. The molecule has 2 aromatic carbocycles. The molecule has 7 nitrogen and oxygen atoms in total. The standard InChI is InChI=1S/C24H23ClN4O3S/c1-13-11-20(15-5-8-17-18(12-15)28-29-21(17)23(31)26-2)33-22(13)24(32)27-10-9-19(30)14-3-6-16(25)7-4-14/h3-8,11-12,19,30H,9-10H2,1-2H3,(H,26,31)(H,27,32)(H,28,29)/t19-/m0/s1. The van der Waals surface area contributed by atoms with Crippen molar-refractivity contribution in [2.45, 2.75) is 19.4 Å². The van der Waals surface area contributed by atoms with E-state index in [4.69, 9.17) is 11.6 Å². The van der Waals surface area contributed by atoms with Gasteiger partial charge in [0.05, 0.1) is 16.5 Å². The molecule has 0 aliphatic carbocycles. The summed E-state index contributed by atoms with van der Waals surface area (Å²) in [6, 6.07) is 14.7. The average Bonchev–Trinajstić information content (AvgIpc) is 3.42. The van der Waals surface area contributed by atoms with Gasteiger partial charge in [-0.3, -0.25) is 14.7 Å². The first-order chi connectivity index (χ1) is 15.9. The number of aryl methyl sites for hydroxylation is 1. The maximum atomic E-state index is 12.7. The Labute approximate surface area is 199 Å². The molecule has 0 aliphatic rings. The third kappa shape index (κ3) is 4.93. The van der Waals surface area contributed by atoms with Gasteiger partial charge in [-0.1, -0.05) is 29.8 Å². The van der Waals surface area contributed by atoms with Crippen molar-refractivity contribution in [1.82, 2.24) is 20.8 Å². The molecule has 0 saturated carbocycles. The second kappa shape index (κ2) is 9.74. The summed E-state index contributed by atoms with van der Waals surface area (Å²) in [4.78, 5) is 26.2. The average molecular weight is 483 g/mol. The Morgan fingerprint density at radius 2 is 1.91 bits per heavy atom. The lowest BCUT2D eigenvalue weighted by molar-refractivity contribution is 0.0942. The van der Waals surface area contributed by atoms with Crippen molar-refractivity contribution >= 4 is 45.7 Å². The Kier molecular flexibility index (Phi) is 6.78. The molecule has 170 valence electrons. The predicted octanol–water partition coefficient (Wildman–Crippen LogP) is 4.47. The number of halogens is 1. The molecule has 0 unspecified atom stereocenters. The molecular weight excluding hydrogens is 460 g/mol. The van der Waals surface area contributed by atoms with Gasteiger partial charge in [0, 0.05) is 28.9 Å². The number of benzene rings is 2. The number of aliphatic hydroxyl groups is 1. The molecule has 1 atom stereocenters. The number of aromatic amines is 1. The lowest BCUT2D eigenvalue weighted by Gasteiger charge is -2.11. The number of nitrogens with zero attached hydrogens (tertiary/aromatic N) is 1. The largest absolute Gasteiger partial charge is 0.388 e. The molecule has 0 radical (unpaired) electrons. The summed E-state index contributed by atoms with van der Waals surface area (Å²) in [5.74, 6) is -0.419. The van der Waals surface area contributed by atoms with Crippen molar-refractivity contribution in [3.05, 3.63) is 75.3 Å². The molecular formula is C24H23ClN4O3S. The minimum Gasteiger partial charge on any atom is -0.388 e. The zero-order chi connectivity index (χ0) is 23.5. The number of H-pyrrole nitrogens is 1. The Balaban J connectivity index is 1.43. The summed E-state index contributed by atoms with van der Waals surface area (Å²) in [6.45, 7) is 2.24. The highest BCUT2D eigenvalue weighted by Crippen LogP contribution is 2.33. The molecule has 33 heavy (non-hydrogen) atoms. The topological polar surface area (TPSA) is 107 Å². The Hall–Kier alpha value is -3.20. The van der Waals surface area contributed by atoms with Crippen LogP contribution in [0.3, 0.4) is 0 Å². The van der Waals surface area contributed by atoms with Crippen LogP contribution in [-0.2, 0) is 0 Å². The third-order valence-electron chi connectivity index (χ3n) is 5.37. The Morgan fingerprint density at radius 1 is 1.15 bits per heavy atom. The van der Waals surface area contributed by atoms with E-state index in [1.165, 1.54) is 11.3 Å². The highest BCUT2D eigenvalue weighted by molar-refractivity contribution is 7.17. The van der Waals surface area contributed by atoms with Crippen molar-refractivity contribution in [3.63, 3.8) is 0 Å². The van der Waals surface area contributed by atoms with E-state index in [1.807, 2.05) is 31.2 Å². The van der Waals surface area contributed by atoms with Gasteiger partial charge in [0.15, 0.2) is 5.69 Å². The number of rotatable bonds is 7. The first-order valence-corrected chi connectivity index (χ1v) is 11.6. The van der Waals surface area contributed by atoms with E-state index in [1.54, 1.807) is 31.3 Å². The summed E-state index contributed by atoms with van der Waals surface area (Å²) in [7, 11) is 1.57. The van der Waals surface area contributed by atoms with E-state index in [0.29, 0.717) is 28.6 Å². The Bertz CT molecular complexity index is 1310. The van der Waals surface area contributed by atoms with Crippen LogP contribution in [0.5, 0.6) is 0 Å². The van der Waals surface area contributed by atoms with Crippen molar-refractivity contribution in [2.24, 2.45) is 0 Å². The molecule has 9 heteroatoms. The monoisotopic (exact) mass is 482 g/mol. The van der Waals surface area contributed by atoms with Gasteiger partial charge in [0.25, 0.3) is 11.8 Å². The molecule has 0 aliphatic heterocycles. The molecule has 0 spiro atoms. The highest BCUT2D eigenvalue weighted by Gasteiger charge is 2.17. The van der Waals surface area contributed by atoms with Gasteiger partial charge >= 0.3 is 0 Å². The van der Waals surface area contributed by atoms with Gasteiger partial charge in [-0.2, -0.15) is 5.10 Å². The molecule has 2 aromatic heterocycles. The number of aliphatic hydroxyl groups excluding tert-OH is 1. The van der Waals surface area contributed by atoms with Gasteiger partial charge in [-0.25, -0.2) is 0 Å². The number of aromatic nitrogens is 2. The number of carbonyl (C=O) groups excluding carboxylic acids is 2. The van der Waals surface area contributed by atoms with Crippen LogP contribution in [0.15, 0.2) is 48.5 Å². The number of nitrogens with one attached hydrogen (secondary N) is 3. The van der Waals surface area contributed by atoms with Crippen LogP contribution in [0.2, 0.25) is 5.02 Å². The SMILES string of the molecule is CNC(=O)c1n[nH]c2cc(-c3cc(C)c(C(=O)NCC[C@H](O)c4ccc(Cl)cc4)s3)ccc12. The molecule has 4 rings (SSSR count). The molecule has 0 bridgehead atoms. The van der Waals surface area contributed by atoms with E-state index >= 15 is 0 Å². The zero-order valence-electron chi connectivity index (χ0n) is 18.1. The molecule has 4 N–H and O–H groups in total. The molecule has 2 heterocycles. The van der Waals surface area contributed by atoms with Crippen LogP contribution >= 0.6 is 22.9 Å². The van der Waals surface area contributed by atoms with Gasteiger partial charge in [-0.15, -0.1) is 11.3 Å². The van der Waals surface area contributed by atoms with Crippen LogP contribution in [0, 0.1) is 6.92 Å². The van der Waals surface area contributed by atoms with E-state index in [9.17, 15) is 14.7 Å². The maximum Gasteiger partial charge on any atom is 0.272 e. The third-order valence-corrected chi connectivity index (χ3v) is 6.91. The fourth-order valence-corrected chi connectivity index (χ4v) is 4.78. The minimum atomic E-state index is -0.677. The Morgan fingerprint density at radius 3 is 2.64 bits per heavy atom. The van der Waals surface area contributed by atoms with E-state index < -0.39 is 6.10 Å². The summed E-state index contributed by atoms with van der Waals surface area (Å²) in [6.07, 6.45) is -0.280. The van der Waals surface area contributed by atoms with Gasteiger partial charge in [-0.05, 0) is 60.4 Å². The molecule has 4 aromatic rings. The van der Waals surface area contributed by atoms with Crippen molar-refractivity contribution < 1.29 is 14.7 Å². The minimum absolute atomic E-state index is 0.170. The van der Waals surface area contributed by atoms with Crippen LogP contribution < -0.4 is 10.6 Å². The van der Waals surface area contributed by atoms with E-state index in [0.717, 1.165) is 32.5 Å². The zero-order valence-corrected chi connectivity index (χ0v) is 19.7. The van der Waals surface area contributed by atoms with Gasteiger partial charge in [0.1, 0.15) is 0 Å². The normalized spacial score (nSPS) is 12.0. The van der Waals surface area contributed by atoms with Crippen molar-refractivity contribution in [3.8, 4) is 10.4 Å². The summed E-state index contributed by atoms with van der Waals surface area (Å²) in [5.41, 5.74) is 3.67. The molecule has 0 saturated heterocycles. The van der Waals surface area contributed by atoms with Crippen LogP contribution in [0.25, 0.3) is 21.3 Å². The quantitative estimate of drug-likeness (QED) is 0.312. The molecule has 2 amide bonds. The highest BCUT2D eigenvalue weighted by atomic mass is 35.5. The first kappa shape index (κ1) is 23.0. The number of carbonyl (C=O) groups is 2. The second-order valence-electron chi connectivity index (χ2n) is 7.65. The number of thiophene rings is 1. The lowest BCUT2D eigenvalue weighted by atomic mass is 10.1. The molecule has 0 fully saturated rings. The second-order valence-corrected chi connectivity index (χ2v) is 9.14. The smallest absolute Gasteiger partial charge is 0.272 e. The number of amides is 2. The van der Waals surface area contributed by atoms with Crippen molar-refractivity contribution in [2.75, 3.05) is 13.6 Å².